The largest absolute Gasteiger partial charge is 0.461 e. The average molecular weight is 207 g/mol. The summed E-state index contributed by atoms with van der Waals surface area (Å²) in [6, 6.07) is 1.43. The van der Waals surface area contributed by atoms with Crippen molar-refractivity contribution >= 4 is 29.7 Å². The molecule has 0 aliphatic rings. The number of hydrogen-bond donors (Lipinski definition) is 0. The van der Waals surface area contributed by atoms with Crippen molar-refractivity contribution in [2.24, 2.45) is 0 Å². The Morgan fingerprint density at radius 2 is 2.25 bits per heavy atom. The van der Waals surface area contributed by atoms with Crippen LogP contribution >= 0.6 is 23.2 Å². The van der Waals surface area contributed by atoms with E-state index in [1.165, 1.54) is 6.07 Å². The molecule has 0 aliphatic heterocycles. The van der Waals surface area contributed by atoms with Crippen molar-refractivity contribution in [3.63, 3.8) is 0 Å². The van der Waals surface area contributed by atoms with Gasteiger partial charge in [0.25, 0.3) is 6.47 Å². The van der Waals surface area contributed by atoms with E-state index in [9.17, 15) is 4.79 Å². The molecule has 1 heterocycles. The second-order valence-corrected chi connectivity index (χ2v) is 2.66. The fraction of sp³-hybridized carbons (Fsp3) is 0.167. The maximum Gasteiger partial charge on any atom is 0.293 e. The molecule has 0 N–H and O–H groups in total. The molecule has 0 bridgehead atoms. The van der Waals surface area contributed by atoms with Gasteiger partial charge in [-0.25, -0.2) is 0 Å². The van der Waals surface area contributed by atoms with Crippen LogP contribution in [0.15, 0.2) is 6.07 Å². The standard InChI is InChI=1S/C6H4Cl2N2O2/c7-4-1-6(8)10-9-5(4)2-12-3-11/h1,3H,2H2. The lowest BCUT2D eigenvalue weighted by Gasteiger charge is -1.99. The number of nitrogens with zero attached hydrogens (tertiary/aromatic N) is 2. The molecule has 0 spiro atoms. The first kappa shape index (κ1) is 9.22. The fourth-order valence-electron chi connectivity index (χ4n) is 0.583. The minimum Gasteiger partial charge on any atom is -0.461 e. The van der Waals surface area contributed by atoms with Crippen LogP contribution in [0.3, 0.4) is 0 Å². The molecule has 0 radical (unpaired) electrons. The van der Waals surface area contributed by atoms with Gasteiger partial charge in [0.2, 0.25) is 0 Å². The number of carbonyl (C=O) groups excluding carboxylic acids is 1. The second-order valence-electron chi connectivity index (χ2n) is 1.87. The van der Waals surface area contributed by atoms with Crippen LogP contribution in [0.1, 0.15) is 5.69 Å². The van der Waals surface area contributed by atoms with E-state index in [1.54, 1.807) is 0 Å². The smallest absolute Gasteiger partial charge is 0.293 e. The summed E-state index contributed by atoms with van der Waals surface area (Å²) in [6.45, 7) is 0.319. The molecule has 0 aromatic carbocycles. The Labute approximate surface area is 78.5 Å². The molecule has 0 saturated heterocycles. The van der Waals surface area contributed by atoms with E-state index in [4.69, 9.17) is 23.2 Å². The predicted octanol–water partition coefficient (Wildman–Crippen LogP) is 1.46. The number of halogens is 2. The summed E-state index contributed by atoms with van der Waals surface area (Å²) >= 11 is 11.2. The maximum atomic E-state index is 9.82. The zero-order valence-corrected chi connectivity index (χ0v) is 7.34. The van der Waals surface area contributed by atoms with Gasteiger partial charge in [-0.1, -0.05) is 23.2 Å². The summed E-state index contributed by atoms with van der Waals surface area (Å²) in [4.78, 5) is 9.82. The number of hydrogen-bond acceptors (Lipinski definition) is 4. The molecule has 4 nitrogen and oxygen atoms in total. The van der Waals surface area contributed by atoms with E-state index in [2.05, 4.69) is 14.9 Å². The van der Waals surface area contributed by atoms with E-state index in [-0.39, 0.29) is 11.8 Å². The first-order chi connectivity index (χ1) is 5.74. The summed E-state index contributed by atoms with van der Waals surface area (Å²) in [7, 11) is 0. The van der Waals surface area contributed by atoms with E-state index >= 15 is 0 Å². The zero-order valence-electron chi connectivity index (χ0n) is 5.83. The predicted molar refractivity (Wildman–Crippen MR) is 42.9 cm³/mol. The Morgan fingerprint density at radius 3 is 2.83 bits per heavy atom. The van der Waals surface area contributed by atoms with Gasteiger partial charge in [-0.3, -0.25) is 4.79 Å². The van der Waals surface area contributed by atoms with Crippen LogP contribution in [0.2, 0.25) is 10.2 Å². The molecule has 6 heteroatoms. The van der Waals surface area contributed by atoms with Crippen molar-refractivity contribution in [1.29, 1.82) is 0 Å². The molecule has 0 fully saturated rings. The number of ether oxygens (including phenoxy) is 1. The Hall–Kier alpha value is -0.870. The molecule has 64 valence electrons. The molecule has 0 unspecified atom stereocenters. The highest BCUT2D eigenvalue weighted by Gasteiger charge is 2.03. The summed E-state index contributed by atoms with van der Waals surface area (Å²) in [5, 5.41) is 7.68. The van der Waals surface area contributed by atoms with Crippen LogP contribution in [0.4, 0.5) is 0 Å². The minimum atomic E-state index is 0.00645. The molecule has 0 amide bonds. The van der Waals surface area contributed by atoms with Crippen LogP contribution in [0, 0.1) is 0 Å². The maximum absolute atomic E-state index is 9.82. The molecule has 0 saturated carbocycles. The Balaban J connectivity index is 2.78. The highest BCUT2D eigenvalue weighted by Crippen LogP contribution is 2.16. The highest BCUT2D eigenvalue weighted by atomic mass is 35.5. The Kier molecular flexibility index (Phi) is 3.25. The molecule has 0 aliphatic carbocycles. The van der Waals surface area contributed by atoms with Gasteiger partial charge in [0.05, 0.1) is 5.02 Å². The fourth-order valence-corrected chi connectivity index (χ4v) is 0.982. The lowest BCUT2D eigenvalue weighted by Crippen LogP contribution is -1.97. The van der Waals surface area contributed by atoms with Gasteiger partial charge in [0.15, 0.2) is 5.15 Å². The third-order valence-electron chi connectivity index (χ3n) is 1.08. The first-order valence-corrected chi connectivity index (χ1v) is 3.72. The van der Waals surface area contributed by atoms with Crippen LogP contribution < -0.4 is 0 Å². The number of rotatable bonds is 3. The Morgan fingerprint density at radius 1 is 1.50 bits per heavy atom. The molecular weight excluding hydrogens is 203 g/mol. The van der Waals surface area contributed by atoms with Crippen molar-refractivity contribution in [1.82, 2.24) is 10.2 Å². The summed E-state index contributed by atoms with van der Waals surface area (Å²) in [6.07, 6.45) is 0. The van der Waals surface area contributed by atoms with Gasteiger partial charge in [-0.15, -0.1) is 10.2 Å². The first-order valence-electron chi connectivity index (χ1n) is 2.97. The van der Waals surface area contributed by atoms with Gasteiger partial charge < -0.3 is 4.74 Å². The second kappa shape index (κ2) is 4.23. The van der Waals surface area contributed by atoms with Gasteiger partial charge in [-0.2, -0.15) is 0 Å². The van der Waals surface area contributed by atoms with Gasteiger partial charge in [-0.05, 0) is 6.07 Å². The van der Waals surface area contributed by atoms with Gasteiger partial charge in [0, 0.05) is 0 Å². The topological polar surface area (TPSA) is 52.1 Å². The molecule has 12 heavy (non-hydrogen) atoms. The summed E-state index contributed by atoms with van der Waals surface area (Å²) in [5.41, 5.74) is 0.383. The normalized spacial score (nSPS) is 9.50. The molecule has 1 aromatic heterocycles. The lowest BCUT2D eigenvalue weighted by atomic mass is 10.4. The van der Waals surface area contributed by atoms with Crippen molar-refractivity contribution in [3.05, 3.63) is 21.9 Å². The van der Waals surface area contributed by atoms with Crippen LogP contribution in [0.25, 0.3) is 0 Å². The molecule has 0 atom stereocenters. The van der Waals surface area contributed by atoms with Crippen molar-refractivity contribution in [2.75, 3.05) is 0 Å². The summed E-state index contributed by atoms with van der Waals surface area (Å²) in [5.74, 6) is 0. The summed E-state index contributed by atoms with van der Waals surface area (Å²) < 4.78 is 4.43. The third-order valence-corrected chi connectivity index (χ3v) is 1.59. The van der Waals surface area contributed by atoms with E-state index in [1.807, 2.05) is 0 Å². The van der Waals surface area contributed by atoms with Crippen molar-refractivity contribution < 1.29 is 9.53 Å². The Bertz CT molecular complexity index is 293. The van der Waals surface area contributed by atoms with Gasteiger partial charge in [0.1, 0.15) is 12.3 Å². The van der Waals surface area contributed by atoms with E-state index < -0.39 is 0 Å². The number of aromatic nitrogens is 2. The van der Waals surface area contributed by atoms with Crippen LogP contribution in [-0.4, -0.2) is 16.7 Å². The lowest BCUT2D eigenvalue weighted by molar-refractivity contribution is -0.129. The van der Waals surface area contributed by atoms with E-state index in [0.29, 0.717) is 17.2 Å². The molecule has 1 rings (SSSR count). The van der Waals surface area contributed by atoms with Crippen LogP contribution in [0.5, 0.6) is 0 Å². The SMILES string of the molecule is O=COCc1nnc(Cl)cc1Cl. The average Bonchev–Trinajstić information content (AvgIpc) is 2.03. The minimum absolute atomic E-state index is 0.00645. The molecule has 1 aromatic rings. The third kappa shape index (κ3) is 2.32. The van der Waals surface area contributed by atoms with E-state index in [0.717, 1.165) is 0 Å². The van der Waals surface area contributed by atoms with Crippen molar-refractivity contribution in [3.8, 4) is 0 Å². The zero-order chi connectivity index (χ0) is 8.97. The van der Waals surface area contributed by atoms with Crippen LogP contribution in [-0.2, 0) is 16.1 Å². The highest BCUT2D eigenvalue weighted by molar-refractivity contribution is 6.34. The quantitative estimate of drug-likeness (QED) is 0.704. The number of carbonyl (C=O) groups is 1. The monoisotopic (exact) mass is 206 g/mol. The van der Waals surface area contributed by atoms with Gasteiger partial charge >= 0.3 is 0 Å². The molecular formula is C6H4Cl2N2O2. The van der Waals surface area contributed by atoms with Crippen molar-refractivity contribution in [2.45, 2.75) is 6.61 Å².